The molecule has 17 heavy (non-hydrogen) atoms. The SMILES string of the molecule is COCCC1CCC(C)N(C(=O)C(C)(C)C)C1. The molecule has 1 aliphatic rings. The van der Waals surface area contributed by atoms with E-state index in [4.69, 9.17) is 4.74 Å². The Bertz CT molecular complexity index is 255. The van der Waals surface area contributed by atoms with Crippen molar-refractivity contribution < 1.29 is 9.53 Å². The molecule has 0 aromatic heterocycles. The minimum atomic E-state index is -0.266. The molecule has 1 saturated heterocycles. The molecule has 1 rings (SSSR count). The van der Waals surface area contributed by atoms with Gasteiger partial charge in [0, 0.05) is 31.7 Å². The first-order valence-corrected chi connectivity index (χ1v) is 6.66. The van der Waals surface area contributed by atoms with E-state index in [1.54, 1.807) is 7.11 Å². The van der Waals surface area contributed by atoms with Crippen LogP contribution in [0.3, 0.4) is 0 Å². The number of ether oxygens (including phenoxy) is 1. The van der Waals surface area contributed by atoms with Crippen LogP contribution in [0.4, 0.5) is 0 Å². The Morgan fingerprint density at radius 2 is 2.00 bits per heavy atom. The van der Waals surface area contributed by atoms with Crippen LogP contribution >= 0.6 is 0 Å². The standard InChI is InChI=1S/C14H27NO2/c1-11-6-7-12(8-9-17-5)10-15(11)13(16)14(2,3)4/h11-12H,6-10H2,1-5H3. The summed E-state index contributed by atoms with van der Waals surface area (Å²) in [5.74, 6) is 0.893. The van der Waals surface area contributed by atoms with Crippen LogP contribution in [0.15, 0.2) is 0 Å². The number of rotatable bonds is 3. The summed E-state index contributed by atoms with van der Waals surface area (Å²) in [6.45, 7) is 9.87. The molecule has 3 heteroatoms. The van der Waals surface area contributed by atoms with Gasteiger partial charge >= 0.3 is 0 Å². The minimum Gasteiger partial charge on any atom is -0.385 e. The van der Waals surface area contributed by atoms with Gasteiger partial charge in [0.25, 0.3) is 0 Å². The zero-order valence-electron chi connectivity index (χ0n) is 12.0. The van der Waals surface area contributed by atoms with Gasteiger partial charge in [-0.2, -0.15) is 0 Å². The van der Waals surface area contributed by atoms with Gasteiger partial charge in [0.15, 0.2) is 0 Å². The van der Waals surface area contributed by atoms with Crippen molar-refractivity contribution in [1.82, 2.24) is 4.90 Å². The Kier molecular flexibility index (Phi) is 4.99. The second kappa shape index (κ2) is 5.85. The fourth-order valence-electron chi connectivity index (χ4n) is 2.42. The molecular weight excluding hydrogens is 214 g/mol. The molecule has 0 aromatic carbocycles. The lowest BCUT2D eigenvalue weighted by Gasteiger charge is -2.41. The Balaban J connectivity index is 2.60. The summed E-state index contributed by atoms with van der Waals surface area (Å²) in [6.07, 6.45) is 3.41. The van der Waals surface area contributed by atoms with Gasteiger partial charge in [-0.3, -0.25) is 4.79 Å². The van der Waals surface area contributed by atoms with Crippen molar-refractivity contribution >= 4 is 5.91 Å². The van der Waals surface area contributed by atoms with Gasteiger partial charge < -0.3 is 9.64 Å². The first kappa shape index (κ1) is 14.5. The van der Waals surface area contributed by atoms with E-state index >= 15 is 0 Å². The number of nitrogens with zero attached hydrogens (tertiary/aromatic N) is 1. The predicted octanol–water partition coefficient (Wildman–Crippen LogP) is 2.70. The van der Waals surface area contributed by atoms with Gasteiger partial charge in [-0.25, -0.2) is 0 Å². The van der Waals surface area contributed by atoms with Gasteiger partial charge in [0.1, 0.15) is 0 Å². The highest BCUT2D eigenvalue weighted by atomic mass is 16.5. The summed E-state index contributed by atoms with van der Waals surface area (Å²) in [4.78, 5) is 14.4. The van der Waals surface area contributed by atoms with E-state index in [0.717, 1.165) is 26.0 Å². The molecule has 0 bridgehead atoms. The Morgan fingerprint density at radius 1 is 1.35 bits per heavy atom. The average molecular weight is 241 g/mol. The minimum absolute atomic E-state index is 0.266. The average Bonchev–Trinajstić information content (AvgIpc) is 2.26. The van der Waals surface area contributed by atoms with Gasteiger partial charge in [-0.05, 0) is 32.1 Å². The third kappa shape index (κ3) is 3.98. The first-order chi connectivity index (χ1) is 7.86. The lowest BCUT2D eigenvalue weighted by atomic mass is 9.87. The molecule has 1 heterocycles. The number of likely N-dealkylation sites (tertiary alicyclic amines) is 1. The largest absolute Gasteiger partial charge is 0.385 e. The van der Waals surface area contributed by atoms with E-state index in [1.165, 1.54) is 6.42 Å². The van der Waals surface area contributed by atoms with Crippen LogP contribution in [-0.4, -0.2) is 37.1 Å². The summed E-state index contributed by atoms with van der Waals surface area (Å²) >= 11 is 0. The van der Waals surface area contributed by atoms with Gasteiger partial charge in [-0.1, -0.05) is 20.8 Å². The molecule has 1 amide bonds. The highest BCUT2D eigenvalue weighted by molar-refractivity contribution is 5.81. The monoisotopic (exact) mass is 241 g/mol. The van der Waals surface area contributed by atoms with E-state index in [2.05, 4.69) is 11.8 Å². The lowest BCUT2D eigenvalue weighted by molar-refractivity contribution is -0.144. The normalized spacial score (nSPS) is 26.1. The number of carbonyl (C=O) groups excluding carboxylic acids is 1. The van der Waals surface area contributed by atoms with Crippen molar-refractivity contribution in [3.8, 4) is 0 Å². The van der Waals surface area contributed by atoms with Crippen molar-refractivity contribution in [2.45, 2.75) is 53.0 Å². The van der Waals surface area contributed by atoms with E-state index in [9.17, 15) is 4.79 Å². The number of hydrogen-bond acceptors (Lipinski definition) is 2. The fraction of sp³-hybridized carbons (Fsp3) is 0.929. The molecule has 0 aromatic rings. The summed E-state index contributed by atoms with van der Waals surface area (Å²) in [7, 11) is 1.74. The highest BCUT2D eigenvalue weighted by Gasteiger charge is 2.34. The quantitative estimate of drug-likeness (QED) is 0.760. The van der Waals surface area contributed by atoms with Crippen LogP contribution in [0.1, 0.15) is 47.0 Å². The van der Waals surface area contributed by atoms with Crippen molar-refractivity contribution in [3.63, 3.8) is 0 Å². The van der Waals surface area contributed by atoms with Gasteiger partial charge in [0.05, 0.1) is 0 Å². The molecule has 0 spiro atoms. The smallest absolute Gasteiger partial charge is 0.228 e. The number of methoxy groups -OCH3 is 1. The topological polar surface area (TPSA) is 29.5 Å². The Labute approximate surface area is 106 Å². The van der Waals surface area contributed by atoms with Crippen molar-refractivity contribution in [2.75, 3.05) is 20.3 Å². The van der Waals surface area contributed by atoms with E-state index in [-0.39, 0.29) is 11.3 Å². The third-order valence-corrected chi connectivity index (χ3v) is 3.61. The zero-order valence-corrected chi connectivity index (χ0v) is 12.0. The molecule has 2 atom stereocenters. The number of carbonyl (C=O) groups is 1. The van der Waals surface area contributed by atoms with Crippen LogP contribution in [-0.2, 0) is 9.53 Å². The molecule has 2 unspecified atom stereocenters. The maximum absolute atomic E-state index is 12.3. The van der Waals surface area contributed by atoms with Crippen LogP contribution in [0.25, 0.3) is 0 Å². The lowest BCUT2D eigenvalue weighted by Crippen LogP contribution is -2.49. The Morgan fingerprint density at radius 3 is 2.53 bits per heavy atom. The third-order valence-electron chi connectivity index (χ3n) is 3.61. The Hall–Kier alpha value is -0.570. The van der Waals surface area contributed by atoms with E-state index < -0.39 is 0 Å². The maximum Gasteiger partial charge on any atom is 0.228 e. The van der Waals surface area contributed by atoms with Crippen LogP contribution < -0.4 is 0 Å². The molecule has 100 valence electrons. The predicted molar refractivity (Wildman–Crippen MR) is 69.8 cm³/mol. The number of hydrogen-bond donors (Lipinski definition) is 0. The highest BCUT2D eigenvalue weighted by Crippen LogP contribution is 2.28. The molecule has 3 nitrogen and oxygen atoms in total. The van der Waals surface area contributed by atoms with E-state index in [0.29, 0.717) is 12.0 Å². The molecular formula is C14H27NO2. The van der Waals surface area contributed by atoms with Gasteiger partial charge in [-0.15, -0.1) is 0 Å². The molecule has 0 N–H and O–H groups in total. The zero-order chi connectivity index (χ0) is 13.1. The second-order valence-corrected chi connectivity index (χ2v) is 6.28. The molecule has 1 fully saturated rings. The molecule has 0 radical (unpaired) electrons. The van der Waals surface area contributed by atoms with Crippen molar-refractivity contribution in [1.29, 1.82) is 0 Å². The summed E-state index contributed by atoms with van der Waals surface area (Å²) in [6, 6.07) is 0.389. The van der Waals surface area contributed by atoms with Crippen LogP contribution in [0.5, 0.6) is 0 Å². The molecule has 0 saturated carbocycles. The van der Waals surface area contributed by atoms with Crippen LogP contribution in [0, 0.1) is 11.3 Å². The fourth-order valence-corrected chi connectivity index (χ4v) is 2.42. The second-order valence-electron chi connectivity index (χ2n) is 6.28. The number of amides is 1. The molecule has 1 aliphatic heterocycles. The summed E-state index contributed by atoms with van der Waals surface area (Å²) in [5.41, 5.74) is -0.266. The first-order valence-electron chi connectivity index (χ1n) is 6.66. The van der Waals surface area contributed by atoms with Crippen molar-refractivity contribution in [2.24, 2.45) is 11.3 Å². The molecule has 0 aliphatic carbocycles. The van der Waals surface area contributed by atoms with E-state index in [1.807, 2.05) is 20.8 Å². The maximum atomic E-state index is 12.3. The van der Waals surface area contributed by atoms with Crippen molar-refractivity contribution in [3.05, 3.63) is 0 Å². The number of piperidine rings is 1. The summed E-state index contributed by atoms with van der Waals surface area (Å²) in [5, 5.41) is 0. The van der Waals surface area contributed by atoms with Gasteiger partial charge in [0.2, 0.25) is 5.91 Å². The summed E-state index contributed by atoms with van der Waals surface area (Å²) < 4.78 is 5.13. The van der Waals surface area contributed by atoms with Crippen LogP contribution in [0.2, 0.25) is 0 Å².